The molecule has 0 radical (unpaired) electrons. The molecular formula is C21H21F3N6O3. The highest BCUT2D eigenvalue weighted by Crippen LogP contribution is 2.29. The van der Waals surface area contributed by atoms with Gasteiger partial charge in [0.2, 0.25) is 5.88 Å². The maximum absolute atomic E-state index is 13.5. The molecule has 1 amide bonds. The first-order valence-electron chi connectivity index (χ1n) is 10.2. The minimum atomic E-state index is -4.58. The van der Waals surface area contributed by atoms with Crippen LogP contribution in [0.1, 0.15) is 35.8 Å². The Kier molecular flexibility index (Phi) is 6.16. The molecule has 2 unspecified atom stereocenters. The molecule has 1 aliphatic heterocycles. The van der Waals surface area contributed by atoms with E-state index in [1.807, 2.05) is 6.92 Å². The van der Waals surface area contributed by atoms with Gasteiger partial charge in [0.05, 0.1) is 43.5 Å². The lowest BCUT2D eigenvalue weighted by Crippen LogP contribution is -2.51. The van der Waals surface area contributed by atoms with Crippen molar-refractivity contribution in [3.63, 3.8) is 0 Å². The Labute approximate surface area is 187 Å². The molecule has 1 aromatic carbocycles. The quantitative estimate of drug-likeness (QED) is 0.575. The number of alkyl halides is 3. The van der Waals surface area contributed by atoms with E-state index in [-0.39, 0.29) is 17.8 Å². The molecule has 0 spiro atoms. The number of amides is 1. The standard InChI is InChI=1S/C21H21F3N6O3/c1-13-17(33-19-12-25-18(11-26-19)21(22,23)24)4-3-9-29(13)20(31)15-6-5-14(32-2)10-16(15)30-27-7-8-28-30/h5-8,10-13,17H,3-4,9H2,1-2H3. The summed E-state index contributed by atoms with van der Waals surface area (Å²) in [6.07, 6.45) is 0.821. The summed E-state index contributed by atoms with van der Waals surface area (Å²) in [5.41, 5.74) is -0.246. The SMILES string of the molecule is COc1ccc(C(=O)N2CCCC(Oc3cnc(C(F)(F)F)cn3)C2C)c(-n2nccn2)c1. The van der Waals surface area contributed by atoms with Crippen LogP contribution in [0.5, 0.6) is 11.6 Å². The van der Waals surface area contributed by atoms with Gasteiger partial charge in [0.1, 0.15) is 17.5 Å². The lowest BCUT2D eigenvalue weighted by molar-refractivity contribution is -0.141. The average molecular weight is 462 g/mol. The molecule has 2 atom stereocenters. The maximum atomic E-state index is 13.5. The molecule has 9 nitrogen and oxygen atoms in total. The van der Waals surface area contributed by atoms with E-state index in [1.54, 1.807) is 23.1 Å². The van der Waals surface area contributed by atoms with Crippen molar-refractivity contribution in [2.24, 2.45) is 0 Å². The van der Waals surface area contributed by atoms with Crippen LogP contribution in [0.25, 0.3) is 5.69 Å². The molecule has 1 fully saturated rings. The number of hydrogen-bond acceptors (Lipinski definition) is 7. The number of carbonyl (C=O) groups excluding carboxylic acids is 1. The molecule has 1 aliphatic rings. The fourth-order valence-electron chi connectivity index (χ4n) is 3.71. The predicted octanol–water partition coefficient (Wildman–Crippen LogP) is 3.16. The van der Waals surface area contributed by atoms with Crippen LogP contribution in [0, 0.1) is 0 Å². The van der Waals surface area contributed by atoms with Gasteiger partial charge in [-0.15, -0.1) is 0 Å². The molecule has 0 N–H and O–H groups in total. The molecule has 174 valence electrons. The molecule has 0 saturated carbocycles. The van der Waals surface area contributed by atoms with Crippen LogP contribution in [0.15, 0.2) is 43.0 Å². The van der Waals surface area contributed by atoms with E-state index in [0.29, 0.717) is 42.6 Å². The van der Waals surface area contributed by atoms with Gasteiger partial charge in [0.15, 0.2) is 5.69 Å². The Morgan fingerprint density at radius 3 is 2.55 bits per heavy atom. The average Bonchev–Trinajstić information content (AvgIpc) is 3.34. The van der Waals surface area contributed by atoms with Crippen molar-refractivity contribution in [2.45, 2.75) is 38.1 Å². The van der Waals surface area contributed by atoms with Gasteiger partial charge in [-0.3, -0.25) is 4.79 Å². The zero-order chi connectivity index (χ0) is 23.6. The first kappa shape index (κ1) is 22.5. The minimum absolute atomic E-state index is 0.0278. The second-order valence-electron chi connectivity index (χ2n) is 7.48. The summed E-state index contributed by atoms with van der Waals surface area (Å²) in [5, 5.41) is 8.25. The minimum Gasteiger partial charge on any atom is -0.497 e. The Balaban J connectivity index is 1.55. The summed E-state index contributed by atoms with van der Waals surface area (Å²) >= 11 is 0. The molecule has 33 heavy (non-hydrogen) atoms. The molecule has 3 heterocycles. The Bertz CT molecular complexity index is 1110. The number of benzene rings is 1. The van der Waals surface area contributed by atoms with Crippen LogP contribution in [-0.4, -0.2) is 61.6 Å². The number of rotatable bonds is 5. The molecular weight excluding hydrogens is 441 g/mol. The lowest BCUT2D eigenvalue weighted by Gasteiger charge is -2.39. The van der Waals surface area contributed by atoms with Gasteiger partial charge in [-0.05, 0) is 31.9 Å². The third kappa shape index (κ3) is 4.73. The summed E-state index contributed by atoms with van der Waals surface area (Å²) in [6, 6.07) is 4.64. The highest BCUT2D eigenvalue weighted by atomic mass is 19.4. The largest absolute Gasteiger partial charge is 0.497 e. The van der Waals surface area contributed by atoms with Crippen LogP contribution >= 0.6 is 0 Å². The molecule has 12 heteroatoms. The van der Waals surface area contributed by atoms with E-state index in [1.165, 1.54) is 24.3 Å². The van der Waals surface area contributed by atoms with Gasteiger partial charge in [-0.25, -0.2) is 9.97 Å². The second-order valence-corrected chi connectivity index (χ2v) is 7.48. The van der Waals surface area contributed by atoms with Crippen molar-refractivity contribution in [2.75, 3.05) is 13.7 Å². The van der Waals surface area contributed by atoms with Gasteiger partial charge in [0, 0.05) is 12.6 Å². The van der Waals surface area contributed by atoms with Gasteiger partial charge in [-0.1, -0.05) is 0 Å². The molecule has 2 aromatic heterocycles. The Morgan fingerprint density at radius 1 is 1.15 bits per heavy atom. The molecule has 0 bridgehead atoms. The molecule has 4 rings (SSSR count). The van der Waals surface area contributed by atoms with E-state index < -0.39 is 18.0 Å². The summed E-state index contributed by atoms with van der Waals surface area (Å²) < 4.78 is 49.2. The predicted molar refractivity (Wildman–Crippen MR) is 109 cm³/mol. The fraction of sp³-hybridized carbons (Fsp3) is 0.381. The number of methoxy groups -OCH3 is 1. The number of nitrogens with zero attached hydrogens (tertiary/aromatic N) is 6. The highest BCUT2D eigenvalue weighted by molar-refractivity contribution is 5.98. The number of hydrogen-bond donors (Lipinski definition) is 0. The number of carbonyl (C=O) groups is 1. The summed E-state index contributed by atoms with van der Waals surface area (Å²) in [7, 11) is 1.52. The second kappa shape index (κ2) is 9.04. The van der Waals surface area contributed by atoms with Crippen molar-refractivity contribution in [1.29, 1.82) is 0 Å². The van der Waals surface area contributed by atoms with E-state index in [4.69, 9.17) is 9.47 Å². The smallest absolute Gasteiger partial charge is 0.434 e. The van der Waals surface area contributed by atoms with Crippen LogP contribution in [0.2, 0.25) is 0 Å². The van der Waals surface area contributed by atoms with E-state index in [2.05, 4.69) is 20.2 Å². The van der Waals surface area contributed by atoms with Crippen molar-refractivity contribution < 1.29 is 27.4 Å². The van der Waals surface area contributed by atoms with Crippen LogP contribution in [-0.2, 0) is 6.18 Å². The number of ether oxygens (including phenoxy) is 2. The molecule has 0 aliphatic carbocycles. The zero-order valence-electron chi connectivity index (χ0n) is 17.9. The number of aromatic nitrogens is 5. The fourth-order valence-corrected chi connectivity index (χ4v) is 3.71. The van der Waals surface area contributed by atoms with E-state index in [0.717, 1.165) is 6.20 Å². The lowest BCUT2D eigenvalue weighted by atomic mass is 9.98. The van der Waals surface area contributed by atoms with Gasteiger partial charge in [0.25, 0.3) is 5.91 Å². The van der Waals surface area contributed by atoms with Gasteiger partial charge < -0.3 is 14.4 Å². The van der Waals surface area contributed by atoms with E-state index >= 15 is 0 Å². The van der Waals surface area contributed by atoms with Crippen LogP contribution in [0.4, 0.5) is 13.2 Å². The van der Waals surface area contributed by atoms with Crippen molar-refractivity contribution in [1.82, 2.24) is 29.9 Å². The third-order valence-electron chi connectivity index (χ3n) is 5.44. The van der Waals surface area contributed by atoms with Crippen molar-refractivity contribution >= 4 is 5.91 Å². The van der Waals surface area contributed by atoms with Crippen molar-refractivity contribution in [3.8, 4) is 17.3 Å². The summed E-state index contributed by atoms with van der Waals surface area (Å²) in [5.74, 6) is 0.275. The first-order valence-corrected chi connectivity index (χ1v) is 10.2. The topological polar surface area (TPSA) is 95.3 Å². The Morgan fingerprint density at radius 2 is 1.91 bits per heavy atom. The van der Waals surface area contributed by atoms with Gasteiger partial charge in [-0.2, -0.15) is 28.2 Å². The summed E-state index contributed by atoms with van der Waals surface area (Å²) in [6.45, 7) is 2.32. The zero-order valence-corrected chi connectivity index (χ0v) is 17.9. The first-order chi connectivity index (χ1) is 15.8. The van der Waals surface area contributed by atoms with Crippen LogP contribution < -0.4 is 9.47 Å². The number of piperidine rings is 1. The Hall–Kier alpha value is -3.70. The molecule has 3 aromatic rings. The highest BCUT2D eigenvalue weighted by Gasteiger charge is 2.35. The number of halogens is 3. The van der Waals surface area contributed by atoms with E-state index in [9.17, 15) is 18.0 Å². The third-order valence-corrected chi connectivity index (χ3v) is 5.44. The summed E-state index contributed by atoms with van der Waals surface area (Å²) in [4.78, 5) is 23.6. The van der Waals surface area contributed by atoms with Crippen molar-refractivity contribution in [3.05, 3.63) is 54.2 Å². The van der Waals surface area contributed by atoms with Crippen LogP contribution in [0.3, 0.4) is 0 Å². The van der Waals surface area contributed by atoms with Gasteiger partial charge >= 0.3 is 6.18 Å². The molecule has 1 saturated heterocycles. The monoisotopic (exact) mass is 462 g/mol. The normalized spacial score (nSPS) is 18.8. The number of likely N-dealkylation sites (tertiary alicyclic amines) is 1. The maximum Gasteiger partial charge on any atom is 0.434 e.